The van der Waals surface area contributed by atoms with Gasteiger partial charge in [0.05, 0.1) is 0 Å². The number of hydrogen-bond donors (Lipinski definition) is 1. The van der Waals surface area contributed by atoms with E-state index in [1.165, 1.54) is 62.3 Å². The molecule has 0 radical (unpaired) electrons. The minimum Gasteiger partial charge on any atom is -0.370 e. The van der Waals surface area contributed by atoms with Crippen LogP contribution in [0.4, 0.5) is 11.4 Å². The predicted octanol–water partition coefficient (Wildman–Crippen LogP) is 2.52. The molecule has 4 heterocycles. The Balaban J connectivity index is 1.10. The van der Waals surface area contributed by atoms with Crippen LogP contribution in [0.1, 0.15) is 56.9 Å². The summed E-state index contributed by atoms with van der Waals surface area (Å²) >= 11 is 0. The molecule has 0 aliphatic carbocycles. The number of carbonyl (C=O) groups is 3. The Bertz CT molecular complexity index is 903. The molecule has 3 saturated heterocycles. The van der Waals surface area contributed by atoms with Gasteiger partial charge in [-0.05, 0) is 44.4 Å². The fourth-order valence-electron chi connectivity index (χ4n) is 6.33. The van der Waals surface area contributed by atoms with Crippen molar-refractivity contribution in [3.8, 4) is 0 Å². The molecule has 0 aromatic heterocycles. The lowest BCUT2D eigenvalue weighted by molar-refractivity contribution is -0.134. The molecular weight excluding hydrogens is 416 g/mol. The molecule has 0 bridgehead atoms. The van der Waals surface area contributed by atoms with Gasteiger partial charge < -0.3 is 19.5 Å². The smallest absolute Gasteiger partial charge is 0.249 e. The Kier molecular flexibility index (Phi) is 6.41. The molecule has 2 amide bonds. The van der Waals surface area contributed by atoms with Crippen molar-refractivity contribution >= 4 is 29.5 Å². The molecule has 1 aromatic rings. The molecule has 1 N–H and O–H groups in total. The van der Waals surface area contributed by atoms with Crippen LogP contribution in [0.2, 0.25) is 0 Å². The highest BCUT2D eigenvalue weighted by molar-refractivity contribution is 6.02. The second-order valence-corrected chi connectivity index (χ2v) is 10.5. The third kappa shape index (κ3) is 4.52. The summed E-state index contributed by atoms with van der Waals surface area (Å²) in [6.07, 6.45) is 9.74. The van der Waals surface area contributed by atoms with E-state index in [4.69, 9.17) is 0 Å². The minimum absolute atomic E-state index is 0.150. The number of fused-ring (bicyclic) bond motifs is 1. The summed E-state index contributed by atoms with van der Waals surface area (Å²) in [7, 11) is 0. The fourth-order valence-corrected chi connectivity index (χ4v) is 6.33. The second kappa shape index (κ2) is 9.45. The Morgan fingerprint density at radius 1 is 0.970 bits per heavy atom. The van der Waals surface area contributed by atoms with Gasteiger partial charge in [0.1, 0.15) is 12.3 Å². The Morgan fingerprint density at radius 3 is 2.52 bits per heavy atom. The van der Waals surface area contributed by atoms with Crippen LogP contribution in [-0.2, 0) is 20.8 Å². The molecule has 1 aromatic carbocycles. The average Bonchev–Trinajstić information content (AvgIpc) is 3.17. The van der Waals surface area contributed by atoms with E-state index in [-0.39, 0.29) is 17.9 Å². The van der Waals surface area contributed by atoms with Gasteiger partial charge >= 0.3 is 0 Å². The molecule has 1 spiro atoms. The summed E-state index contributed by atoms with van der Waals surface area (Å²) in [6, 6.07) is 6.26. The van der Waals surface area contributed by atoms with Gasteiger partial charge in [-0.15, -0.1) is 0 Å². The first kappa shape index (κ1) is 22.4. The number of nitrogens with zero attached hydrogens (tertiary/aromatic N) is 3. The number of amides is 2. The number of unbranched alkanes of at least 4 members (excludes halogenated alkanes) is 5. The minimum atomic E-state index is -0.229. The van der Waals surface area contributed by atoms with Gasteiger partial charge in [0.15, 0.2) is 0 Å². The maximum Gasteiger partial charge on any atom is 0.249 e. The first-order valence-electron chi connectivity index (χ1n) is 12.7. The average molecular weight is 453 g/mol. The van der Waals surface area contributed by atoms with Crippen LogP contribution < -0.4 is 15.1 Å². The van der Waals surface area contributed by atoms with Crippen molar-refractivity contribution in [1.29, 1.82) is 0 Å². The molecule has 5 rings (SSSR count). The molecule has 7 heteroatoms. The molecule has 1 atom stereocenters. The number of piperidine rings is 1. The molecule has 7 nitrogen and oxygen atoms in total. The number of aldehydes is 1. The van der Waals surface area contributed by atoms with Gasteiger partial charge in [0.25, 0.3) is 0 Å². The van der Waals surface area contributed by atoms with E-state index in [9.17, 15) is 14.4 Å². The zero-order chi connectivity index (χ0) is 22.8. The molecule has 178 valence electrons. The van der Waals surface area contributed by atoms with Crippen LogP contribution in [0, 0.1) is 5.41 Å². The third-order valence-electron chi connectivity index (χ3n) is 7.93. The molecule has 3 fully saturated rings. The summed E-state index contributed by atoms with van der Waals surface area (Å²) in [4.78, 5) is 41.6. The van der Waals surface area contributed by atoms with E-state index < -0.39 is 0 Å². The van der Waals surface area contributed by atoms with Crippen LogP contribution >= 0.6 is 0 Å². The highest BCUT2D eigenvalue weighted by atomic mass is 16.2. The molecular formula is C26H36N4O3. The van der Waals surface area contributed by atoms with Crippen molar-refractivity contribution < 1.29 is 14.4 Å². The molecule has 0 saturated carbocycles. The van der Waals surface area contributed by atoms with Gasteiger partial charge in [-0.25, -0.2) is 0 Å². The van der Waals surface area contributed by atoms with Crippen LogP contribution in [0.5, 0.6) is 0 Å². The number of imide groups is 1. The largest absolute Gasteiger partial charge is 0.370 e. The van der Waals surface area contributed by atoms with E-state index in [2.05, 4.69) is 38.2 Å². The van der Waals surface area contributed by atoms with E-state index in [1.807, 2.05) is 0 Å². The van der Waals surface area contributed by atoms with Crippen LogP contribution in [0.3, 0.4) is 0 Å². The van der Waals surface area contributed by atoms with E-state index in [0.29, 0.717) is 24.7 Å². The number of nitrogens with one attached hydrogen (secondary N) is 1. The van der Waals surface area contributed by atoms with Crippen molar-refractivity contribution in [1.82, 2.24) is 10.2 Å². The summed E-state index contributed by atoms with van der Waals surface area (Å²) in [6.45, 7) is 6.74. The quantitative estimate of drug-likeness (QED) is 0.334. The van der Waals surface area contributed by atoms with Crippen molar-refractivity contribution in [2.24, 2.45) is 5.41 Å². The first-order valence-corrected chi connectivity index (χ1v) is 12.7. The van der Waals surface area contributed by atoms with Crippen molar-refractivity contribution in [2.45, 2.75) is 63.8 Å². The highest BCUT2D eigenvalue weighted by Gasteiger charge is 2.52. The lowest BCUT2D eigenvalue weighted by Gasteiger charge is -2.61. The first-order chi connectivity index (χ1) is 16.1. The third-order valence-corrected chi connectivity index (χ3v) is 7.93. The topological polar surface area (TPSA) is 73.0 Å². The number of benzene rings is 1. The van der Waals surface area contributed by atoms with E-state index in [1.54, 1.807) is 0 Å². The van der Waals surface area contributed by atoms with Crippen molar-refractivity contribution in [2.75, 3.05) is 49.1 Å². The summed E-state index contributed by atoms with van der Waals surface area (Å²) in [5, 5.41) is 2.51. The number of hydrogen-bond acceptors (Lipinski definition) is 6. The number of anilines is 2. The van der Waals surface area contributed by atoms with Gasteiger partial charge in [0.2, 0.25) is 11.8 Å². The van der Waals surface area contributed by atoms with E-state index in [0.717, 1.165) is 38.8 Å². The zero-order valence-corrected chi connectivity index (χ0v) is 19.6. The van der Waals surface area contributed by atoms with E-state index >= 15 is 0 Å². The number of likely N-dealkylation sites (tertiary alicyclic amines) is 1. The lowest BCUT2D eigenvalue weighted by Crippen LogP contribution is -2.72. The maximum atomic E-state index is 12.4. The van der Waals surface area contributed by atoms with Gasteiger partial charge in [-0.2, -0.15) is 0 Å². The molecule has 1 unspecified atom stereocenters. The van der Waals surface area contributed by atoms with Crippen LogP contribution in [-0.4, -0.2) is 68.3 Å². The summed E-state index contributed by atoms with van der Waals surface area (Å²) in [5.41, 5.74) is 4.34. The predicted molar refractivity (Wildman–Crippen MR) is 129 cm³/mol. The standard InChI is InChI=1S/C26H36N4O3/c31-15-6-4-2-1-3-5-13-28-16-26(17-28)18-29(19-26)21-8-7-9-22-20(21)12-14-30(22)23-10-11-24(32)27-25(23)33/h7-9,15,23H,1-6,10-14,16-19H2,(H,27,32,33). The Morgan fingerprint density at radius 2 is 1.73 bits per heavy atom. The SMILES string of the molecule is O=CCCCCCCCN1CC2(C1)CN(c1cccc3c1CCN3C1CCC(=O)NC1=O)C2. The normalized spacial score (nSPS) is 23.8. The Labute approximate surface area is 196 Å². The van der Waals surface area contributed by atoms with Crippen molar-refractivity contribution in [3.63, 3.8) is 0 Å². The fraction of sp³-hybridized carbons (Fsp3) is 0.654. The lowest BCUT2D eigenvalue weighted by atomic mass is 9.72. The summed E-state index contributed by atoms with van der Waals surface area (Å²) in [5.74, 6) is -0.303. The molecule has 4 aliphatic rings. The van der Waals surface area contributed by atoms with Gasteiger partial charge in [-0.3, -0.25) is 14.9 Å². The Hall–Kier alpha value is -2.41. The number of carbonyl (C=O) groups excluding carboxylic acids is 3. The van der Waals surface area contributed by atoms with Gasteiger partial charge in [-0.1, -0.05) is 25.3 Å². The molecule has 33 heavy (non-hydrogen) atoms. The highest BCUT2D eigenvalue weighted by Crippen LogP contribution is 2.45. The monoisotopic (exact) mass is 452 g/mol. The number of rotatable bonds is 10. The molecule has 4 aliphatic heterocycles. The van der Waals surface area contributed by atoms with Crippen LogP contribution in [0.15, 0.2) is 18.2 Å². The summed E-state index contributed by atoms with van der Waals surface area (Å²) < 4.78 is 0. The van der Waals surface area contributed by atoms with Gasteiger partial charge in [0, 0.05) is 67.9 Å². The second-order valence-electron chi connectivity index (χ2n) is 10.5. The maximum absolute atomic E-state index is 12.4. The van der Waals surface area contributed by atoms with Crippen LogP contribution in [0.25, 0.3) is 0 Å². The zero-order valence-electron chi connectivity index (χ0n) is 19.6. The van der Waals surface area contributed by atoms with Crippen molar-refractivity contribution in [3.05, 3.63) is 23.8 Å².